The second kappa shape index (κ2) is 6.95. The predicted molar refractivity (Wildman–Crippen MR) is 74.3 cm³/mol. The van der Waals surface area contributed by atoms with E-state index in [-0.39, 0.29) is 11.5 Å². The van der Waals surface area contributed by atoms with Gasteiger partial charge in [0.15, 0.2) is 0 Å². The Hall–Kier alpha value is -1.53. The molecule has 0 aromatic heterocycles. The molecule has 6 heteroatoms. The van der Waals surface area contributed by atoms with Gasteiger partial charge >= 0.3 is 0 Å². The maximum Gasteiger partial charge on any atom is 0.217 e. The molecule has 1 heterocycles. The number of halogens is 2. The number of nitrogens with two attached hydrogens (primary N) is 1. The maximum atomic E-state index is 13.6. The fraction of sp³-hybridized carbons (Fsp3) is 0.533. The molecule has 1 fully saturated rings. The number of aliphatic hydroxyl groups is 1. The number of amides is 1. The van der Waals surface area contributed by atoms with E-state index in [0.29, 0.717) is 18.9 Å². The van der Waals surface area contributed by atoms with Crippen LogP contribution < -0.4 is 5.73 Å². The molecule has 0 saturated carbocycles. The Morgan fingerprint density at radius 1 is 1.38 bits per heavy atom. The lowest BCUT2D eigenvalue weighted by atomic mass is 9.93. The number of nitrogens with zero attached hydrogens (tertiary/aromatic N) is 1. The third-order valence-electron chi connectivity index (χ3n) is 3.95. The van der Waals surface area contributed by atoms with E-state index in [1.807, 2.05) is 4.90 Å². The number of piperidine rings is 1. The summed E-state index contributed by atoms with van der Waals surface area (Å²) in [5.41, 5.74) is 5.29. The maximum absolute atomic E-state index is 13.6. The average Bonchev–Trinajstić information content (AvgIpc) is 2.40. The Morgan fingerprint density at radius 3 is 2.62 bits per heavy atom. The van der Waals surface area contributed by atoms with E-state index in [9.17, 15) is 18.7 Å². The molecule has 0 spiro atoms. The molecule has 1 saturated heterocycles. The summed E-state index contributed by atoms with van der Waals surface area (Å²) >= 11 is 0. The van der Waals surface area contributed by atoms with Gasteiger partial charge in [-0.1, -0.05) is 6.07 Å². The Balaban J connectivity index is 1.86. The Bertz CT molecular complexity index is 502. The first-order chi connectivity index (χ1) is 9.95. The summed E-state index contributed by atoms with van der Waals surface area (Å²) in [5.74, 6) is -1.39. The van der Waals surface area contributed by atoms with Gasteiger partial charge in [-0.15, -0.1) is 0 Å². The predicted octanol–water partition coefficient (Wildman–Crippen LogP) is 1.59. The van der Waals surface area contributed by atoms with Crippen molar-refractivity contribution in [2.24, 2.45) is 11.7 Å². The number of hydrogen-bond acceptors (Lipinski definition) is 3. The van der Waals surface area contributed by atoms with Gasteiger partial charge in [-0.3, -0.25) is 4.79 Å². The molecular formula is C15H20F2N2O2. The molecule has 1 amide bonds. The molecular weight excluding hydrogens is 278 g/mol. The SMILES string of the molecule is NC(=O)CC1CCN(CC(O)c2ccc(F)cc2F)CC1. The van der Waals surface area contributed by atoms with Crippen molar-refractivity contribution >= 4 is 5.91 Å². The number of benzene rings is 1. The summed E-state index contributed by atoms with van der Waals surface area (Å²) < 4.78 is 26.4. The van der Waals surface area contributed by atoms with Gasteiger partial charge in [0.05, 0.1) is 6.10 Å². The average molecular weight is 298 g/mol. The van der Waals surface area contributed by atoms with Crippen molar-refractivity contribution < 1.29 is 18.7 Å². The molecule has 1 unspecified atom stereocenters. The lowest BCUT2D eigenvalue weighted by Crippen LogP contribution is -2.37. The Labute approximate surface area is 122 Å². The minimum Gasteiger partial charge on any atom is -0.387 e. The molecule has 1 aliphatic rings. The summed E-state index contributed by atoms with van der Waals surface area (Å²) in [5, 5.41) is 10.1. The van der Waals surface area contributed by atoms with Crippen LogP contribution in [0, 0.1) is 17.6 Å². The van der Waals surface area contributed by atoms with Gasteiger partial charge < -0.3 is 15.7 Å². The van der Waals surface area contributed by atoms with E-state index >= 15 is 0 Å². The molecule has 0 aliphatic carbocycles. The van der Waals surface area contributed by atoms with Gasteiger partial charge in [-0.05, 0) is 37.9 Å². The van der Waals surface area contributed by atoms with E-state index in [1.165, 1.54) is 6.07 Å². The molecule has 0 bridgehead atoms. The highest BCUT2D eigenvalue weighted by molar-refractivity contribution is 5.73. The standard InChI is InChI=1S/C15H20F2N2O2/c16-11-1-2-12(13(17)8-11)14(20)9-19-5-3-10(4-6-19)7-15(18)21/h1-2,8,10,14,20H,3-7,9H2,(H2,18,21). The lowest BCUT2D eigenvalue weighted by molar-refractivity contribution is -0.119. The van der Waals surface area contributed by atoms with Crippen LogP contribution in [0.5, 0.6) is 0 Å². The van der Waals surface area contributed by atoms with Crippen LogP contribution in [-0.4, -0.2) is 35.5 Å². The number of hydrogen-bond donors (Lipinski definition) is 2. The number of rotatable bonds is 5. The van der Waals surface area contributed by atoms with Crippen LogP contribution in [0.15, 0.2) is 18.2 Å². The number of carbonyl (C=O) groups excluding carboxylic acids is 1. The van der Waals surface area contributed by atoms with Crippen LogP contribution in [-0.2, 0) is 4.79 Å². The van der Waals surface area contributed by atoms with Crippen LogP contribution >= 0.6 is 0 Å². The van der Waals surface area contributed by atoms with E-state index in [1.54, 1.807) is 0 Å². The van der Waals surface area contributed by atoms with Gasteiger partial charge in [0, 0.05) is 24.6 Å². The third-order valence-corrected chi connectivity index (χ3v) is 3.95. The monoisotopic (exact) mass is 298 g/mol. The lowest BCUT2D eigenvalue weighted by Gasteiger charge is -2.32. The van der Waals surface area contributed by atoms with Crippen LogP contribution in [0.1, 0.15) is 30.9 Å². The quantitative estimate of drug-likeness (QED) is 0.867. The molecule has 3 N–H and O–H groups in total. The first kappa shape index (κ1) is 15.9. The van der Waals surface area contributed by atoms with Gasteiger partial charge in [-0.25, -0.2) is 8.78 Å². The molecule has 0 radical (unpaired) electrons. The normalized spacial score (nSPS) is 18.6. The van der Waals surface area contributed by atoms with Crippen molar-refractivity contribution in [3.05, 3.63) is 35.4 Å². The topological polar surface area (TPSA) is 66.6 Å². The highest BCUT2D eigenvalue weighted by Crippen LogP contribution is 2.24. The molecule has 1 aromatic carbocycles. The fourth-order valence-electron chi connectivity index (χ4n) is 2.77. The second-order valence-electron chi connectivity index (χ2n) is 5.60. The van der Waals surface area contributed by atoms with Crippen LogP contribution in [0.25, 0.3) is 0 Å². The number of primary amides is 1. The molecule has 4 nitrogen and oxygen atoms in total. The fourth-order valence-corrected chi connectivity index (χ4v) is 2.77. The largest absolute Gasteiger partial charge is 0.387 e. The molecule has 116 valence electrons. The van der Waals surface area contributed by atoms with Crippen LogP contribution in [0.3, 0.4) is 0 Å². The summed E-state index contributed by atoms with van der Waals surface area (Å²) in [6, 6.07) is 3.19. The first-order valence-electron chi connectivity index (χ1n) is 7.09. The minimum absolute atomic E-state index is 0.107. The van der Waals surface area contributed by atoms with Crippen molar-refractivity contribution in [1.82, 2.24) is 4.90 Å². The van der Waals surface area contributed by atoms with Gasteiger partial charge in [-0.2, -0.15) is 0 Å². The number of β-amino-alcohol motifs (C(OH)–C–C–N with tert-alkyl or cyclic N) is 1. The third kappa shape index (κ3) is 4.47. The van der Waals surface area contributed by atoms with Gasteiger partial charge in [0.25, 0.3) is 0 Å². The van der Waals surface area contributed by atoms with E-state index in [2.05, 4.69) is 0 Å². The van der Waals surface area contributed by atoms with E-state index in [4.69, 9.17) is 5.73 Å². The zero-order valence-corrected chi connectivity index (χ0v) is 11.8. The minimum atomic E-state index is -0.988. The zero-order chi connectivity index (χ0) is 15.4. The van der Waals surface area contributed by atoms with Crippen molar-refractivity contribution in [1.29, 1.82) is 0 Å². The zero-order valence-electron chi connectivity index (χ0n) is 11.8. The summed E-state index contributed by atoms with van der Waals surface area (Å²) in [6.45, 7) is 1.77. The second-order valence-corrected chi connectivity index (χ2v) is 5.60. The molecule has 1 aliphatic heterocycles. The highest BCUT2D eigenvalue weighted by atomic mass is 19.1. The van der Waals surface area contributed by atoms with Crippen molar-refractivity contribution in [2.75, 3.05) is 19.6 Å². The molecule has 1 aromatic rings. The smallest absolute Gasteiger partial charge is 0.217 e. The summed E-state index contributed by atoms with van der Waals surface area (Å²) in [4.78, 5) is 12.9. The summed E-state index contributed by atoms with van der Waals surface area (Å²) in [6.07, 6.45) is 1.07. The van der Waals surface area contributed by atoms with Crippen LogP contribution in [0.4, 0.5) is 8.78 Å². The van der Waals surface area contributed by atoms with Crippen molar-refractivity contribution in [3.63, 3.8) is 0 Å². The Morgan fingerprint density at radius 2 is 2.05 bits per heavy atom. The van der Waals surface area contributed by atoms with Crippen molar-refractivity contribution in [3.8, 4) is 0 Å². The number of likely N-dealkylation sites (tertiary alicyclic amines) is 1. The molecule has 21 heavy (non-hydrogen) atoms. The number of aliphatic hydroxyl groups excluding tert-OH is 1. The summed E-state index contributed by atoms with van der Waals surface area (Å²) in [7, 11) is 0. The molecule has 2 rings (SSSR count). The van der Waals surface area contributed by atoms with Crippen molar-refractivity contribution in [2.45, 2.75) is 25.4 Å². The van der Waals surface area contributed by atoms with E-state index < -0.39 is 17.7 Å². The first-order valence-corrected chi connectivity index (χ1v) is 7.09. The van der Waals surface area contributed by atoms with Crippen LogP contribution in [0.2, 0.25) is 0 Å². The van der Waals surface area contributed by atoms with E-state index in [0.717, 1.165) is 38.1 Å². The molecule has 1 atom stereocenters. The number of carbonyl (C=O) groups is 1. The van der Waals surface area contributed by atoms with Gasteiger partial charge in [0.2, 0.25) is 5.91 Å². The van der Waals surface area contributed by atoms with Gasteiger partial charge in [0.1, 0.15) is 11.6 Å². The Kier molecular flexibility index (Phi) is 5.25. The highest BCUT2D eigenvalue weighted by Gasteiger charge is 2.23.